The second-order valence-corrected chi connectivity index (χ2v) is 7.40. The van der Waals surface area contributed by atoms with Crippen LogP contribution in [0, 0.1) is 0 Å². The number of hydrogen-bond donors (Lipinski definition) is 1. The smallest absolute Gasteiger partial charge is 0.244 e. The summed E-state index contributed by atoms with van der Waals surface area (Å²) in [7, 11) is -3.52. The van der Waals surface area contributed by atoms with E-state index >= 15 is 0 Å². The van der Waals surface area contributed by atoms with Crippen molar-refractivity contribution in [1.29, 1.82) is 0 Å². The molecule has 112 valence electrons. The van der Waals surface area contributed by atoms with Gasteiger partial charge >= 0.3 is 0 Å². The summed E-state index contributed by atoms with van der Waals surface area (Å²) in [5.41, 5.74) is 0. The third kappa shape index (κ3) is 3.52. The molecule has 1 aromatic rings. The van der Waals surface area contributed by atoms with Gasteiger partial charge in [0.1, 0.15) is 4.90 Å². The monoisotopic (exact) mass is 316 g/mol. The van der Waals surface area contributed by atoms with Crippen LogP contribution in [0.3, 0.4) is 0 Å². The molecule has 1 unspecified atom stereocenters. The fourth-order valence-corrected chi connectivity index (χ4v) is 4.58. The Morgan fingerprint density at radius 1 is 1.40 bits per heavy atom. The largest absolute Gasteiger partial charge is 0.313 e. The van der Waals surface area contributed by atoms with Gasteiger partial charge in [-0.3, -0.25) is 0 Å². The van der Waals surface area contributed by atoms with Gasteiger partial charge in [-0.05, 0) is 37.9 Å². The van der Waals surface area contributed by atoms with Crippen LogP contribution in [-0.4, -0.2) is 38.4 Å². The van der Waals surface area contributed by atoms with Crippen molar-refractivity contribution in [2.45, 2.75) is 37.1 Å². The van der Waals surface area contributed by atoms with Gasteiger partial charge < -0.3 is 5.32 Å². The standard InChI is InChI=1S/C14H21ClN2O2S/c1-2-10-17(11-12-6-5-9-16-12)20(18,19)14-8-4-3-7-13(14)15/h3-4,7-8,12,16H,2,5-6,9-11H2,1H3. The lowest BCUT2D eigenvalue weighted by Gasteiger charge is -2.25. The Hall–Kier alpha value is -0.620. The van der Waals surface area contributed by atoms with Gasteiger partial charge in [0.25, 0.3) is 0 Å². The maximum Gasteiger partial charge on any atom is 0.244 e. The van der Waals surface area contributed by atoms with Gasteiger partial charge in [0.05, 0.1) is 5.02 Å². The third-order valence-corrected chi connectivity index (χ3v) is 5.88. The minimum Gasteiger partial charge on any atom is -0.313 e. The fourth-order valence-electron chi connectivity index (χ4n) is 2.51. The van der Waals surface area contributed by atoms with Crippen molar-refractivity contribution >= 4 is 21.6 Å². The van der Waals surface area contributed by atoms with E-state index in [0.717, 1.165) is 25.8 Å². The molecular formula is C14H21ClN2O2S. The van der Waals surface area contributed by atoms with E-state index in [1.54, 1.807) is 28.6 Å². The minimum absolute atomic E-state index is 0.202. The van der Waals surface area contributed by atoms with Crippen molar-refractivity contribution in [2.24, 2.45) is 0 Å². The van der Waals surface area contributed by atoms with E-state index in [1.807, 2.05) is 6.92 Å². The molecule has 0 aliphatic carbocycles. The average Bonchev–Trinajstić information content (AvgIpc) is 2.91. The maximum atomic E-state index is 12.7. The molecule has 1 aliphatic rings. The Bertz CT molecular complexity index is 542. The van der Waals surface area contributed by atoms with Gasteiger partial charge in [-0.1, -0.05) is 30.7 Å². The Morgan fingerprint density at radius 3 is 2.75 bits per heavy atom. The molecule has 1 atom stereocenters. The first-order chi connectivity index (χ1) is 9.55. The highest BCUT2D eigenvalue weighted by Gasteiger charge is 2.29. The molecule has 1 N–H and O–H groups in total. The molecule has 20 heavy (non-hydrogen) atoms. The number of nitrogens with zero attached hydrogens (tertiary/aromatic N) is 1. The van der Waals surface area contributed by atoms with E-state index in [4.69, 9.17) is 11.6 Å². The average molecular weight is 317 g/mol. The summed E-state index contributed by atoms with van der Waals surface area (Å²) in [6.45, 7) is 3.99. The summed E-state index contributed by atoms with van der Waals surface area (Å²) in [6, 6.07) is 6.88. The molecule has 6 heteroatoms. The quantitative estimate of drug-likeness (QED) is 0.877. The summed E-state index contributed by atoms with van der Waals surface area (Å²) in [5, 5.41) is 3.63. The number of sulfonamides is 1. The Kier molecular flexibility index (Phi) is 5.43. The fraction of sp³-hybridized carbons (Fsp3) is 0.571. The van der Waals surface area contributed by atoms with E-state index in [0.29, 0.717) is 13.1 Å². The van der Waals surface area contributed by atoms with Crippen LogP contribution in [0.5, 0.6) is 0 Å². The number of rotatable bonds is 6. The van der Waals surface area contributed by atoms with Crippen molar-refractivity contribution in [1.82, 2.24) is 9.62 Å². The summed E-state index contributed by atoms with van der Waals surface area (Å²) in [4.78, 5) is 0.202. The molecule has 1 aliphatic heterocycles. The number of halogens is 1. The number of nitrogens with one attached hydrogen (secondary N) is 1. The highest BCUT2D eigenvalue weighted by molar-refractivity contribution is 7.89. The zero-order valence-electron chi connectivity index (χ0n) is 11.7. The van der Waals surface area contributed by atoms with Crippen LogP contribution in [0.1, 0.15) is 26.2 Å². The molecule has 0 spiro atoms. The lowest BCUT2D eigenvalue weighted by atomic mass is 10.2. The second kappa shape index (κ2) is 6.89. The predicted octanol–water partition coefficient (Wildman–Crippen LogP) is 2.49. The minimum atomic E-state index is -3.52. The van der Waals surface area contributed by atoms with Gasteiger partial charge in [-0.15, -0.1) is 0 Å². The molecule has 0 bridgehead atoms. The molecular weight excluding hydrogens is 296 g/mol. The first-order valence-corrected chi connectivity index (χ1v) is 8.85. The summed E-state index contributed by atoms with van der Waals surface area (Å²) < 4.78 is 27.0. The molecule has 0 radical (unpaired) electrons. The van der Waals surface area contributed by atoms with E-state index < -0.39 is 10.0 Å². The third-order valence-electron chi connectivity index (χ3n) is 3.51. The van der Waals surface area contributed by atoms with Crippen molar-refractivity contribution < 1.29 is 8.42 Å². The second-order valence-electron chi connectivity index (χ2n) is 5.09. The lowest BCUT2D eigenvalue weighted by molar-refractivity contribution is 0.369. The molecule has 1 fully saturated rings. The number of benzene rings is 1. The summed E-state index contributed by atoms with van der Waals surface area (Å²) in [5.74, 6) is 0. The highest BCUT2D eigenvalue weighted by Crippen LogP contribution is 2.25. The van der Waals surface area contributed by atoms with E-state index in [2.05, 4.69) is 5.32 Å². The molecule has 0 saturated carbocycles. The highest BCUT2D eigenvalue weighted by atomic mass is 35.5. The van der Waals surface area contributed by atoms with Gasteiger partial charge in [0, 0.05) is 19.1 Å². The van der Waals surface area contributed by atoms with Crippen molar-refractivity contribution in [2.75, 3.05) is 19.6 Å². The Balaban J connectivity index is 2.24. The van der Waals surface area contributed by atoms with Crippen LogP contribution in [0.25, 0.3) is 0 Å². The van der Waals surface area contributed by atoms with Crippen LogP contribution < -0.4 is 5.32 Å². The zero-order chi connectivity index (χ0) is 14.6. The first kappa shape index (κ1) is 15.8. The van der Waals surface area contributed by atoms with Crippen LogP contribution in [-0.2, 0) is 10.0 Å². The van der Waals surface area contributed by atoms with E-state index in [9.17, 15) is 8.42 Å². The SMILES string of the molecule is CCCN(CC1CCCN1)S(=O)(=O)c1ccccc1Cl. The van der Waals surface area contributed by atoms with Crippen LogP contribution in [0.2, 0.25) is 5.02 Å². The molecule has 0 aromatic heterocycles. The molecule has 0 amide bonds. The molecule has 1 aromatic carbocycles. The van der Waals surface area contributed by atoms with Crippen LogP contribution in [0.15, 0.2) is 29.2 Å². The molecule has 2 rings (SSSR count). The zero-order valence-corrected chi connectivity index (χ0v) is 13.3. The van der Waals surface area contributed by atoms with E-state index in [1.165, 1.54) is 0 Å². The van der Waals surface area contributed by atoms with Gasteiger partial charge in [-0.2, -0.15) is 4.31 Å². The normalized spacial score (nSPS) is 19.6. The van der Waals surface area contributed by atoms with Crippen molar-refractivity contribution in [3.63, 3.8) is 0 Å². The Morgan fingerprint density at radius 2 is 2.15 bits per heavy atom. The summed E-state index contributed by atoms with van der Waals surface area (Å²) >= 11 is 6.05. The first-order valence-electron chi connectivity index (χ1n) is 7.03. The number of hydrogen-bond acceptors (Lipinski definition) is 3. The maximum absolute atomic E-state index is 12.7. The van der Waals surface area contributed by atoms with Crippen molar-refractivity contribution in [3.05, 3.63) is 29.3 Å². The van der Waals surface area contributed by atoms with Gasteiger partial charge in [-0.25, -0.2) is 8.42 Å². The predicted molar refractivity (Wildman–Crippen MR) is 81.5 cm³/mol. The molecule has 1 heterocycles. The van der Waals surface area contributed by atoms with Crippen LogP contribution in [0.4, 0.5) is 0 Å². The van der Waals surface area contributed by atoms with Gasteiger partial charge in [0.2, 0.25) is 10.0 Å². The Labute approximate surface area is 126 Å². The van der Waals surface area contributed by atoms with Crippen LogP contribution >= 0.6 is 11.6 Å². The van der Waals surface area contributed by atoms with E-state index in [-0.39, 0.29) is 16.0 Å². The topological polar surface area (TPSA) is 49.4 Å². The van der Waals surface area contributed by atoms with Gasteiger partial charge in [0.15, 0.2) is 0 Å². The lowest BCUT2D eigenvalue weighted by Crippen LogP contribution is -2.41. The summed E-state index contributed by atoms with van der Waals surface area (Å²) in [6.07, 6.45) is 2.92. The molecule has 1 saturated heterocycles. The molecule has 4 nitrogen and oxygen atoms in total. The van der Waals surface area contributed by atoms with Crippen molar-refractivity contribution in [3.8, 4) is 0 Å².